The number of alkyl carbamates (subject to hydrolysis) is 1. The predicted molar refractivity (Wildman–Crippen MR) is 95.6 cm³/mol. The van der Waals surface area contributed by atoms with Gasteiger partial charge in [0.15, 0.2) is 0 Å². The number of amides is 1. The highest BCUT2D eigenvalue weighted by molar-refractivity contribution is 5.88. The van der Waals surface area contributed by atoms with E-state index in [1.54, 1.807) is 38.6 Å². The maximum atomic E-state index is 12.5. The zero-order chi connectivity index (χ0) is 19.3. The second-order valence-corrected chi connectivity index (χ2v) is 7.67. The van der Waals surface area contributed by atoms with Crippen molar-refractivity contribution in [3.05, 3.63) is 23.5 Å². The molecule has 1 aromatic rings. The molecule has 0 saturated heterocycles. The van der Waals surface area contributed by atoms with Crippen LogP contribution in [0.1, 0.15) is 68.9 Å². The number of carbonyl (C=O) groups is 2. The van der Waals surface area contributed by atoms with Gasteiger partial charge in [0.05, 0.1) is 11.6 Å². The van der Waals surface area contributed by atoms with Crippen LogP contribution in [0.25, 0.3) is 0 Å². The smallest absolute Gasteiger partial charge is 0.408 e. The molecule has 7 nitrogen and oxygen atoms in total. The van der Waals surface area contributed by atoms with Crippen molar-refractivity contribution in [2.45, 2.75) is 70.6 Å². The van der Waals surface area contributed by atoms with Gasteiger partial charge in [-0.25, -0.2) is 9.59 Å². The molecule has 2 rings (SSSR count). The van der Waals surface area contributed by atoms with Gasteiger partial charge in [-0.15, -0.1) is 0 Å². The Morgan fingerprint density at radius 3 is 2.58 bits per heavy atom. The highest BCUT2D eigenvalue weighted by atomic mass is 16.6. The van der Waals surface area contributed by atoms with Crippen LogP contribution in [0.3, 0.4) is 0 Å². The molecule has 142 valence electrons. The Balaban J connectivity index is 2.07. The summed E-state index contributed by atoms with van der Waals surface area (Å²) in [4.78, 5) is 24.7. The van der Waals surface area contributed by atoms with E-state index in [-0.39, 0.29) is 6.04 Å². The summed E-state index contributed by atoms with van der Waals surface area (Å²) in [7, 11) is 1.70. The first kappa shape index (κ1) is 19.8. The van der Waals surface area contributed by atoms with Gasteiger partial charge < -0.3 is 19.4 Å². The molecule has 0 aromatic carbocycles. The third-order valence-electron chi connectivity index (χ3n) is 4.26. The van der Waals surface area contributed by atoms with Crippen molar-refractivity contribution in [2.75, 3.05) is 0 Å². The minimum atomic E-state index is -0.586. The monoisotopic (exact) mass is 361 g/mol. The lowest BCUT2D eigenvalue weighted by Crippen LogP contribution is -2.46. The molecule has 1 aliphatic rings. The normalized spacial score (nSPS) is 20.6. The number of ether oxygens (including phenoxy) is 2. The fraction of sp³-hybridized carbons (Fsp3) is 0.632. The minimum absolute atomic E-state index is 0.285. The highest BCUT2D eigenvalue weighted by Gasteiger charge is 2.31. The summed E-state index contributed by atoms with van der Waals surface area (Å²) in [5, 5.41) is 11.8. The molecule has 1 saturated carbocycles. The molecule has 2 atom stereocenters. The van der Waals surface area contributed by atoms with Crippen LogP contribution in [-0.2, 0) is 16.5 Å². The van der Waals surface area contributed by atoms with Crippen molar-refractivity contribution >= 4 is 12.1 Å². The summed E-state index contributed by atoms with van der Waals surface area (Å²) in [6.45, 7) is 5.41. The van der Waals surface area contributed by atoms with Crippen LogP contribution in [-0.4, -0.2) is 34.4 Å². The lowest BCUT2D eigenvalue weighted by molar-refractivity contribution is 0.0114. The Morgan fingerprint density at radius 1 is 1.27 bits per heavy atom. The van der Waals surface area contributed by atoms with Crippen LogP contribution in [0, 0.1) is 11.3 Å². The number of hydrogen-bond acceptors (Lipinski definition) is 5. The molecule has 0 spiro atoms. The number of nitrogens with one attached hydrogen (secondary N) is 1. The number of hydrogen-bond donors (Lipinski definition) is 1. The number of rotatable bonds is 3. The van der Waals surface area contributed by atoms with Crippen LogP contribution in [0.4, 0.5) is 4.79 Å². The summed E-state index contributed by atoms with van der Waals surface area (Å²) in [5.74, 6) is -0.489. The van der Waals surface area contributed by atoms with E-state index in [9.17, 15) is 9.59 Å². The molecule has 26 heavy (non-hydrogen) atoms. The van der Waals surface area contributed by atoms with Gasteiger partial charge in [0.1, 0.15) is 23.5 Å². The number of esters is 1. The molecule has 1 amide bonds. The Bertz CT molecular complexity index is 697. The van der Waals surface area contributed by atoms with Gasteiger partial charge in [0.2, 0.25) is 0 Å². The zero-order valence-electron chi connectivity index (χ0n) is 15.9. The summed E-state index contributed by atoms with van der Waals surface area (Å²) < 4.78 is 12.6. The second-order valence-electron chi connectivity index (χ2n) is 7.67. The molecule has 0 unspecified atom stereocenters. The molecule has 1 aliphatic carbocycles. The molecule has 1 aromatic heterocycles. The van der Waals surface area contributed by atoms with E-state index in [1.165, 1.54) is 6.07 Å². The number of nitrogens with zero attached hydrogens (tertiary/aromatic N) is 2. The van der Waals surface area contributed by atoms with Gasteiger partial charge in [-0.1, -0.05) is 12.8 Å². The van der Waals surface area contributed by atoms with Crippen molar-refractivity contribution in [3.63, 3.8) is 0 Å². The molecule has 0 radical (unpaired) electrons. The van der Waals surface area contributed by atoms with Crippen molar-refractivity contribution in [3.8, 4) is 6.07 Å². The van der Waals surface area contributed by atoms with Crippen LogP contribution >= 0.6 is 0 Å². The van der Waals surface area contributed by atoms with Gasteiger partial charge >= 0.3 is 12.1 Å². The molecule has 1 fully saturated rings. The maximum absolute atomic E-state index is 12.5. The average Bonchev–Trinajstić information content (AvgIpc) is 2.78. The predicted octanol–water partition coefficient (Wildman–Crippen LogP) is 3.28. The van der Waals surface area contributed by atoms with Crippen LogP contribution in [0.5, 0.6) is 0 Å². The van der Waals surface area contributed by atoms with Crippen molar-refractivity contribution in [1.29, 1.82) is 5.26 Å². The number of aryl methyl sites for hydroxylation is 1. The van der Waals surface area contributed by atoms with Gasteiger partial charge in [-0.2, -0.15) is 5.26 Å². The van der Waals surface area contributed by atoms with E-state index in [2.05, 4.69) is 5.32 Å². The summed E-state index contributed by atoms with van der Waals surface area (Å²) >= 11 is 0. The van der Waals surface area contributed by atoms with Crippen molar-refractivity contribution in [1.82, 2.24) is 9.88 Å². The van der Waals surface area contributed by atoms with Gasteiger partial charge in [0.25, 0.3) is 0 Å². The number of aromatic nitrogens is 1. The fourth-order valence-electron chi connectivity index (χ4n) is 3.07. The Hall–Kier alpha value is -2.49. The quantitative estimate of drug-likeness (QED) is 0.659. The standard InChI is InChI=1S/C19H27N3O4/c1-19(2,3)26-18(24)21-14-8-6-5-7-9-16(14)25-17(23)15-10-13(11-20)12-22(15)4/h10,12,14,16H,5-9H2,1-4H3,(H,21,24)/t14-,16+/m1/s1. The first-order chi connectivity index (χ1) is 12.2. The maximum Gasteiger partial charge on any atom is 0.408 e. The third kappa shape index (κ3) is 5.51. The average molecular weight is 361 g/mol. The summed E-state index contributed by atoms with van der Waals surface area (Å²) in [6, 6.07) is 3.24. The molecular formula is C19H27N3O4. The number of nitriles is 1. The van der Waals surface area contributed by atoms with Crippen LogP contribution in [0.2, 0.25) is 0 Å². The fourth-order valence-corrected chi connectivity index (χ4v) is 3.07. The van der Waals surface area contributed by atoms with Crippen molar-refractivity contribution < 1.29 is 19.1 Å². The summed E-state index contributed by atoms with van der Waals surface area (Å²) in [6.07, 6.45) is 4.99. The van der Waals surface area contributed by atoms with E-state index < -0.39 is 23.8 Å². The first-order valence-corrected chi connectivity index (χ1v) is 8.96. The van der Waals surface area contributed by atoms with Crippen LogP contribution in [0.15, 0.2) is 12.3 Å². The van der Waals surface area contributed by atoms with Gasteiger partial charge in [-0.3, -0.25) is 0 Å². The van der Waals surface area contributed by atoms with Crippen molar-refractivity contribution in [2.24, 2.45) is 7.05 Å². The van der Waals surface area contributed by atoms with E-state index in [0.717, 1.165) is 25.7 Å². The highest BCUT2D eigenvalue weighted by Crippen LogP contribution is 2.23. The summed E-state index contributed by atoms with van der Waals surface area (Å²) in [5.41, 5.74) is 0.142. The molecule has 0 bridgehead atoms. The first-order valence-electron chi connectivity index (χ1n) is 8.96. The molecular weight excluding hydrogens is 334 g/mol. The SMILES string of the molecule is Cn1cc(C#N)cc1C(=O)O[C@H]1CCCCC[C@H]1NC(=O)OC(C)(C)C. The Kier molecular flexibility index (Phi) is 6.30. The molecule has 1 heterocycles. The molecule has 0 aliphatic heterocycles. The van der Waals surface area contributed by atoms with Gasteiger partial charge in [-0.05, 0) is 46.1 Å². The zero-order valence-corrected chi connectivity index (χ0v) is 15.9. The van der Waals surface area contributed by atoms with Crippen LogP contribution < -0.4 is 5.32 Å². The van der Waals surface area contributed by atoms with Gasteiger partial charge in [0, 0.05) is 13.2 Å². The largest absolute Gasteiger partial charge is 0.456 e. The number of carbonyl (C=O) groups excluding carboxylic acids is 2. The van der Waals surface area contributed by atoms with E-state index >= 15 is 0 Å². The lowest BCUT2D eigenvalue weighted by atomic mass is 10.1. The lowest BCUT2D eigenvalue weighted by Gasteiger charge is -2.28. The van der Waals surface area contributed by atoms with E-state index in [1.807, 2.05) is 6.07 Å². The minimum Gasteiger partial charge on any atom is -0.456 e. The van der Waals surface area contributed by atoms with E-state index in [0.29, 0.717) is 17.7 Å². The van der Waals surface area contributed by atoms with E-state index in [4.69, 9.17) is 14.7 Å². The third-order valence-corrected chi connectivity index (χ3v) is 4.26. The molecule has 1 N–H and O–H groups in total. The topological polar surface area (TPSA) is 93.4 Å². The Labute approximate surface area is 154 Å². The second kappa shape index (κ2) is 8.26. The Morgan fingerprint density at radius 2 is 1.96 bits per heavy atom. The molecule has 7 heteroatoms.